The lowest BCUT2D eigenvalue weighted by molar-refractivity contribution is 0.163. The van der Waals surface area contributed by atoms with E-state index < -0.39 is 5.60 Å². The molecule has 0 bridgehead atoms. The maximum absolute atomic E-state index is 15.0. The van der Waals surface area contributed by atoms with Crippen LogP contribution in [0, 0.1) is 5.82 Å². The van der Waals surface area contributed by atoms with Crippen LogP contribution >= 0.6 is 0 Å². The topological polar surface area (TPSA) is 18.5 Å². The first-order valence-corrected chi connectivity index (χ1v) is 17.5. The smallest absolute Gasteiger partial charge is 0.178 e. The highest BCUT2D eigenvalue weighted by atomic mass is 19.1. The van der Waals surface area contributed by atoms with Crippen LogP contribution in [0.25, 0.3) is 39.1 Å². The minimum Gasteiger partial charge on any atom is -0.497 e. The number of ether oxygens (including phenoxy) is 2. The fourth-order valence-electron chi connectivity index (χ4n) is 9.88. The Kier molecular flexibility index (Phi) is 5.85. The Labute approximate surface area is 286 Å². The van der Waals surface area contributed by atoms with Gasteiger partial charge in [-0.3, -0.25) is 0 Å². The molecule has 1 fully saturated rings. The minimum absolute atomic E-state index is 0.150. The lowest BCUT2D eigenvalue weighted by atomic mass is 9.73. The van der Waals surface area contributed by atoms with Gasteiger partial charge in [-0.25, -0.2) is 4.39 Å². The van der Waals surface area contributed by atoms with Crippen molar-refractivity contribution in [1.82, 2.24) is 0 Å². The van der Waals surface area contributed by atoms with Gasteiger partial charge in [0.15, 0.2) is 5.60 Å². The first-order chi connectivity index (χ1) is 23.9. The maximum Gasteiger partial charge on any atom is 0.178 e. The fraction of sp³-hybridized carbons (Fsp3) is 0.217. The molecule has 6 aromatic rings. The first kappa shape index (κ1) is 28.8. The third-order valence-electron chi connectivity index (χ3n) is 12.2. The van der Waals surface area contributed by atoms with Crippen LogP contribution in [0.15, 0.2) is 115 Å². The average molecular weight is 641 g/mol. The second-order valence-corrected chi connectivity index (χ2v) is 14.8. The van der Waals surface area contributed by atoms with E-state index in [2.05, 4.69) is 105 Å². The van der Waals surface area contributed by atoms with Crippen molar-refractivity contribution in [3.8, 4) is 33.8 Å². The molecule has 0 N–H and O–H groups in total. The molecule has 3 aliphatic carbocycles. The molecule has 240 valence electrons. The Bertz CT molecular complexity index is 2390. The van der Waals surface area contributed by atoms with Gasteiger partial charge < -0.3 is 9.47 Å². The number of methoxy groups -OCH3 is 1. The van der Waals surface area contributed by atoms with Gasteiger partial charge >= 0.3 is 0 Å². The van der Waals surface area contributed by atoms with Gasteiger partial charge in [-0.05, 0) is 99.1 Å². The predicted molar refractivity (Wildman–Crippen MR) is 196 cm³/mol. The molecule has 0 saturated heterocycles. The van der Waals surface area contributed by atoms with Gasteiger partial charge in [-0.2, -0.15) is 0 Å². The van der Waals surface area contributed by atoms with Gasteiger partial charge in [0.05, 0.1) is 7.11 Å². The number of benzene rings is 6. The molecule has 1 spiro atoms. The van der Waals surface area contributed by atoms with Crippen LogP contribution in [0.2, 0.25) is 0 Å². The fourth-order valence-corrected chi connectivity index (χ4v) is 9.88. The molecule has 1 unspecified atom stereocenters. The van der Waals surface area contributed by atoms with Crippen molar-refractivity contribution in [2.24, 2.45) is 0 Å². The third-order valence-corrected chi connectivity index (χ3v) is 12.2. The first-order valence-electron chi connectivity index (χ1n) is 17.5. The average Bonchev–Trinajstić information content (AvgIpc) is 3.81. The number of hydrogen-bond acceptors (Lipinski definition) is 2. The molecule has 6 aromatic carbocycles. The Morgan fingerprint density at radius 2 is 1.37 bits per heavy atom. The summed E-state index contributed by atoms with van der Waals surface area (Å²) in [5.74, 6) is 1.54. The molecule has 1 aliphatic heterocycles. The molecule has 10 rings (SSSR count). The third kappa shape index (κ3) is 3.71. The number of rotatable bonds is 3. The Balaban J connectivity index is 1.25. The van der Waals surface area contributed by atoms with E-state index in [1.54, 1.807) is 19.2 Å². The number of halogens is 1. The van der Waals surface area contributed by atoms with E-state index in [-0.39, 0.29) is 16.6 Å². The van der Waals surface area contributed by atoms with Crippen LogP contribution in [-0.2, 0) is 16.4 Å². The van der Waals surface area contributed by atoms with E-state index in [1.165, 1.54) is 33.4 Å². The Morgan fingerprint density at radius 3 is 2.16 bits per heavy atom. The summed E-state index contributed by atoms with van der Waals surface area (Å²) in [7, 11) is 1.70. The van der Waals surface area contributed by atoms with E-state index in [0.29, 0.717) is 0 Å². The Morgan fingerprint density at radius 1 is 0.673 bits per heavy atom. The molecule has 3 heteroatoms. The standard InChI is InChI=1S/C46H37FO2/c1-44(2)38-13-7-6-10-32(38)33-20-16-29(26-39(33)44)46(28-14-18-31(48-3)19-15-28)25-22-37-42-41(34-11-4-5-12-35(34)43(37)49-46)36-21-17-30(47)27-40(36)45(42)23-8-9-24-45/h4-7,10-22,25-27H,8-9,23-24H2,1-3H3. The van der Waals surface area contributed by atoms with Crippen molar-refractivity contribution in [3.05, 3.63) is 160 Å². The molecule has 1 saturated carbocycles. The number of fused-ring (bicyclic) bond motifs is 13. The molecule has 0 aromatic heterocycles. The predicted octanol–water partition coefficient (Wildman–Crippen LogP) is 11.5. The van der Waals surface area contributed by atoms with Crippen LogP contribution in [0.4, 0.5) is 4.39 Å². The van der Waals surface area contributed by atoms with E-state index in [4.69, 9.17) is 9.47 Å². The van der Waals surface area contributed by atoms with Crippen molar-refractivity contribution in [3.63, 3.8) is 0 Å². The maximum atomic E-state index is 15.0. The molecular weight excluding hydrogens is 604 g/mol. The second kappa shape index (κ2) is 9.95. The van der Waals surface area contributed by atoms with Crippen molar-refractivity contribution < 1.29 is 13.9 Å². The second-order valence-electron chi connectivity index (χ2n) is 14.8. The molecule has 49 heavy (non-hydrogen) atoms. The molecule has 1 heterocycles. The summed E-state index contributed by atoms with van der Waals surface area (Å²) in [6, 6.07) is 38.1. The van der Waals surface area contributed by atoms with Gasteiger partial charge in [-0.1, -0.05) is 112 Å². The highest BCUT2D eigenvalue weighted by Gasteiger charge is 2.50. The quantitative estimate of drug-likeness (QED) is 0.192. The molecule has 1 atom stereocenters. The summed E-state index contributed by atoms with van der Waals surface area (Å²) in [6.45, 7) is 4.65. The van der Waals surface area contributed by atoms with Crippen LogP contribution in [0.1, 0.15) is 78.5 Å². The monoisotopic (exact) mass is 640 g/mol. The molecule has 4 aliphatic rings. The molecule has 0 amide bonds. The lowest BCUT2D eigenvalue weighted by Crippen LogP contribution is -2.35. The van der Waals surface area contributed by atoms with Crippen LogP contribution < -0.4 is 9.47 Å². The normalized spacial score (nSPS) is 20.0. The van der Waals surface area contributed by atoms with Crippen LogP contribution in [-0.4, -0.2) is 7.11 Å². The van der Waals surface area contributed by atoms with E-state index in [1.807, 2.05) is 18.2 Å². The van der Waals surface area contributed by atoms with E-state index in [0.717, 1.165) is 75.8 Å². The summed E-state index contributed by atoms with van der Waals surface area (Å²) < 4.78 is 28.2. The molecule has 2 nitrogen and oxygen atoms in total. The largest absolute Gasteiger partial charge is 0.497 e. The van der Waals surface area contributed by atoms with Crippen LogP contribution in [0.5, 0.6) is 11.5 Å². The van der Waals surface area contributed by atoms with Gasteiger partial charge in [-0.15, -0.1) is 0 Å². The van der Waals surface area contributed by atoms with Gasteiger partial charge in [0.1, 0.15) is 17.3 Å². The van der Waals surface area contributed by atoms with Gasteiger partial charge in [0, 0.05) is 32.9 Å². The van der Waals surface area contributed by atoms with Gasteiger partial charge in [0.2, 0.25) is 0 Å². The van der Waals surface area contributed by atoms with E-state index >= 15 is 0 Å². The van der Waals surface area contributed by atoms with Crippen molar-refractivity contribution in [2.75, 3.05) is 7.11 Å². The SMILES string of the molecule is COc1ccc(C2(c3ccc4c(c3)C(C)(C)c3ccccc3-4)C=Cc3c4c(c5ccccc5c3O2)-c2ccc(F)cc2C42CCCC2)cc1. The van der Waals surface area contributed by atoms with Crippen molar-refractivity contribution >= 4 is 16.8 Å². The van der Waals surface area contributed by atoms with E-state index in [9.17, 15) is 4.39 Å². The zero-order valence-electron chi connectivity index (χ0n) is 28.1. The molecular formula is C46H37FO2. The summed E-state index contributed by atoms with van der Waals surface area (Å²) >= 11 is 0. The zero-order valence-corrected chi connectivity index (χ0v) is 28.1. The minimum atomic E-state index is -0.892. The Hall–Kier alpha value is -5.15. The summed E-state index contributed by atoms with van der Waals surface area (Å²) in [5, 5.41) is 2.25. The van der Waals surface area contributed by atoms with Gasteiger partial charge in [0.25, 0.3) is 0 Å². The van der Waals surface area contributed by atoms with Crippen LogP contribution in [0.3, 0.4) is 0 Å². The highest BCUT2D eigenvalue weighted by molar-refractivity contribution is 6.08. The van der Waals surface area contributed by atoms with Crippen molar-refractivity contribution in [1.29, 1.82) is 0 Å². The summed E-state index contributed by atoms with van der Waals surface area (Å²) in [4.78, 5) is 0. The summed E-state index contributed by atoms with van der Waals surface area (Å²) in [5.41, 5.74) is 12.1. The lowest BCUT2D eigenvalue weighted by Gasteiger charge is -2.39. The van der Waals surface area contributed by atoms with Crippen molar-refractivity contribution in [2.45, 2.75) is 56.0 Å². The number of hydrogen-bond donors (Lipinski definition) is 0. The zero-order chi connectivity index (χ0) is 33.1. The highest BCUT2D eigenvalue weighted by Crippen LogP contribution is 2.63. The molecule has 0 radical (unpaired) electrons. The summed E-state index contributed by atoms with van der Waals surface area (Å²) in [6.07, 6.45) is 8.88.